The van der Waals surface area contributed by atoms with E-state index in [1.807, 2.05) is 0 Å². The summed E-state index contributed by atoms with van der Waals surface area (Å²) in [5.41, 5.74) is 2.73. The number of hydrogen-bond donors (Lipinski definition) is 0. The predicted octanol–water partition coefficient (Wildman–Crippen LogP) is 4.55. The van der Waals surface area contributed by atoms with Gasteiger partial charge in [0.05, 0.1) is 13.1 Å². The first kappa shape index (κ1) is 17.7. The Labute approximate surface area is 157 Å². The van der Waals surface area contributed by atoms with Crippen molar-refractivity contribution >= 4 is 0 Å². The molecule has 26 heavy (non-hydrogen) atoms. The molecule has 2 atom stereocenters. The van der Waals surface area contributed by atoms with E-state index in [1.54, 1.807) is 7.11 Å². The Morgan fingerprint density at radius 1 is 0.962 bits per heavy atom. The van der Waals surface area contributed by atoms with Crippen molar-refractivity contribution < 1.29 is 14.0 Å². The maximum atomic E-state index is 6.29. The molecule has 0 N–H and O–H groups in total. The Morgan fingerprint density at radius 3 is 2.27 bits per heavy atom. The molecule has 3 fully saturated rings. The average Bonchev–Trinajstić information content (AvgIpc) is 2.71. The molecule has 3 heteroatoms. The number of fused-ring (bicyclic) bond motifs is 3. The van der Waals surface area contributed by atoms with Crippen LogP contribution in [0.25, 0.3) is 0 Å². The number of ether oxygens (including phenoxy) is 2. The molecule has 3 nitrogen and oxygen atoms in total. The van der Waals surface area contributed by atoms with Gasteiger partial charge in [0.25, 0.3) is 0 Å². The zero-order valence-corrected chi connectivity index (χ0v) is 15.7. The van der Waals surface area contributed by atoms with Gasteiger partial charge in [-0.1, -0.05) is 60.7 Å². The van der Waals surface area contributed by atoms with Crippen molar-refractivity contribution in [2.45, 2.75) is 38.0 Å². The van der Waals surface area contributed by atoms with Gasteiger partial charge in [-0.05, 0) is 24.3 Å². The second kappa shape index (κ2) is 7.91. The third kappa shape index (κ3) is 3.57. The van der Waals surface area contributed by atoms with E-state index in [9.17, 15) is 0 Å². The second-order valence-corrected chi connectivity index (χ2v) is 7.96. The molecule has 2 aromatic rings. The van der Waals surface area contributed by atoms with E-state index in [-0.39, 0.29) is 6.10 Å². The fourth-order valence-corrected chi connectivity index (χ4v) is 5.11. The van der Waals surface area contributed by atoms with Gasteiger partial charge in [0.15, 0.2) is 0 Å². The van der Waals surface area contributed by atoms with E-state index in [4.69, 9.17) is 9.47 Å². The maximum Gasteiger partial charge on any atom is 0.147 e. The summed E-state index contributed by atoms with van der Waals surface area (Å²) in [7, 11) is 1.71. The second-order valence-electron chi connectivity index (χ2n) is 7.96. The predicted molar refractivity (Wildman–Crippen MR) is 103 cm³/mol. The van der Waals surface area contributed by atoms with E-state index >= 15 is 0 Å². The fourth-order valence-electron chi connectivity index (χ4n) is 5.11. The van der Waals surface area contributed by atoms with Crippen LogP contribution in [0.2, 0.25) is 0 Å². The maximum absolute atomic E-state index is 6.29. The van der Waals surface area contributed by atoms with Crippen LogP contribution in [-0.2, 0) is 16.0 Å². The molecule has 2 bridgehead atoms. The lowest BCUT2D eigenvalue weighted by Gasteiger charge is -2.56. The fraction of sp³-hybridized carbons (Fsp3) is 0.478. The van der Waals surface area contributed by atoms with Gasteiger partial charge in [-0.2, -0.15) is 0 Å². The molecule has 0 aromatic heterocycles. The minimum Gasteiger partial charge on any atom is -0.359 e. The topological polar surface area (TPSA) is 18.5 Å². The van der Waals surface area contributed by atoms with E-state index < -0.39 is 0 Å². The Balaban J connectivity index is 1.66. The standard InChI is InChI=1S/C23H30NO2/c1-25-18-26-23(21-10-6-3-7-11-21)22-16-19-12-14-24(22,15-13-19)17-20-8-4-2-5-9-20/h2-11,19,22-23H,12-18H2,1H3/q+1/t19?,22-,23+,24?/m1/s1. The lowest BCUT2D eigenvalue weighted by Crippen LogP contribution is -2.65. The summed E-state index contributed by atoms with van der Waals surface area (Å²) in [6.07, 6.45) is 4.07. The van der Waals surface area contributed by atoms with Crippen LogP contribution in [0.4, 0.5) is 0 Å². The van der Waals surface area contributed by atoms with Crippen LogP contribution in [0.15, 0.2) is 60.7 Å². The van der Waals surface area contributed by atoms with Crippen molar-refractivity contribution in [2.75, 3.05) is 27.0 Å². The Hall–Kier alpha value is -1.68. The highest BCUT2D eigenvalue weighted by Gasteiger charge is 2.51. The summed E-state index contributed by atoms with van der Waals surface area (Å²) < 4.78 is 12.7. The molecule has 3 heterocycles. The van der Waals surface area contributed by atoms with Gasteiger partial charge in [0.2, 0.25) is 0 Å². The number of methoxy groups -OCH3 is 1. The summed E-state index contributed by atoms with van der Waals surface area (Å²) >= 11 is 0. The molecular weight excluding hydrogens is 322 g/mol. The molecule has 0 aliphatic carbocycles. The SMILES string of the molecule is COCO[C@@H](c1ccccc1)[C@H]1CC2CC[N+]1(Cc1ccccc1)CC2. The molecule has 3 aliphatic rings. The van der Waals surface area contributed by atoms with Gasteiger partial charge in [-0.15, -0.1) is 0 Å². The van der Waals surface area contributed by atoms with Crippen molar-refractivity contribution in [3.8, 4) is 0 Å². The van der Waals surface area contributed by atoms with E-state index in [1.165, 1.54) is 43.5 Å². The van der Waals surface area contributed by atoms with Crippen LogP contribution in [0.3, 0.4) is 0 Å². The van der Waals surface area contributed by atoms with Crippen molar-refractivity contribution in [1.82, 2.24) is 0 Å². The molecule has 0 amide bonds. The van der Waals surface area contributed by atoms with Crippen LogP contribution in [0, 0.1) is 5.92 Å². The van der Waals surface area contributed by atoms with E-state index in [0.717, 1.165) is 16.9 Å². The molecule has 5 rings (SSSR count). The van der Waals surface area contributed by atoms with Crippen molar-refractivity contribution in [3.63, 3.8) is 0 Å². The number of benzene rings is 2. The lowest BCUT2D eigenvalue weighted by molar-refractivity contribution is -0.982. The lowest BCUT2D eigenvalue weighted by atomic mass is 9.77. The smallest absolute Gasteiger partial charge is 0.147 e. The number of hydrogen-bond acceptors (Lipinski definition) is 2. The van der Waals surface area contributed by atoms with Crippen LogP contribution in [0.1, 0.15) is 36.5 Å². The zero-order chi connectivity index (χ0) is 17.8. The van der Waals surface area contributed by atoms with Crippen LogP contribution < -0.4 is 0 Å². The van der Waals surface area contributed by atoms with Gasteiger partial charge in [-0.25, -0.2) is 0 Å². The summed E-state index contributed by atoms with van der Waals surface area (Å²) in [5, 5.41) is 0. The minimum absolute atomic E-state index is 0.1000. The average molecular weight is 352 g/mol. The number of piperidine rings is 3. The number of nitrogens with zero attached hydrogens (tertiary/aromatic N) is 1. The van der Waals surface area contributed by atoms with Crippen molar-refractivity contribution in [1.29, 1.82) is 0 Å². The van der Waals surface area contributed by atoms with Crippen LogP contribution in [-0.4, -0.2) is 37.5 Å². The van der Waals surface area contributed by atoms with Crippen molar-refractivity contribution in [3.05, 3.63) is 71.8 Å². The highest BCUT2D eigenvalue weighted by Crippen LogP contribution is 2.45. The highest BCUT2D eigenvalue weighted by molar-refractivity contribution is 5.20. The first-order valence-electron chi connectivity index (χ1n) is 9.86. The largest absolute Gasteiger partial charge is 0.359 e. The van der Waals surface area contributed by atoms with Gasteiger partial charge < -0.3 is 14.0 Å². The Morgan fingerprint density at radius 2 is 1.62 bits per heavy atom. The van der Waals surface area contributed by atoms with Crippen LogP contribution >= 0.6 is 0 Å². The molecule has 0 unspecified atom stereocenters. The third-order valence-corrected chi connectivity index (χ3v) is 6.43. The Kier molecular flexibility index (Phi) is 5.39. The van der Waals surface area contributed by atoms with Gasteiger partial charge in [-0.3, -0.25) is 0 Å². The monoisotopic (exact) mass is 352 g/mol. The first-order valence-corrected chi connectivity index (χ1v) is 9.86. The molecule has 0 saturated carbocycles. The molecule has 0 radical (unpaired) electrons. The van der Waals surface area contributed by atoms with Gasteiger partial charge >= 0.3 is 0 Å². The normalized spacial score (nSPS) is 28.8. The molecule has 3 saturated heterocycles. The quantitative estimate of drug-likeness (QED) is 0.538. The molecule has 138 valence electrons. The van der Waals surface area contributed by atoms with Crippen molar-refractivity contribution in [2.24, 2.45) is 5.92 Å². The summed E-state index contributed by atoms with van der Waals surface area (Å²) in [4.78, 5) is 0. The molecule has 2 aromatic carbocycles. The zero-order valence-electron chi connectivity index (χ0n) is 15.7. The number of quaternary nitrogens is 1. The summed E-state index contributed by atoms with van der Waals surface area (Å²) in [6.45, 7) is 4.00. The van der Waals surface area contributed by atoms with Crippen LogP contribution in [0.5, 0.6) is 0 Å². The summed E-state index contributed by atoms with van der Waals surface area (Å²) in [6, 6.07) is 22.2. The highest BCUT2D eigenvalue weighted by atomic mass is 16.7. The molecule has 0 spiro atoms. The van der Waals surface area contributed by atoms with E-state index in [2.05, 4.69) is 60.7 Å². The van der Waals surface area contributed by atoms with Gasteiger partial charge in [0, 0.05) is 19.1 Å². The number of rotatable bonds is 7. The minimum atomic E-state index is 0.1000. The van der Waals surface area contributed by atoms with Gasteiger partial charge in [0.1, 0.15) is 25.5 Å². The Bertz CT molecular complexity index is 680. The summed E-state index contributed by atoms with van der Waals surface area (Å²) in [5.74, 6) is 0.855. The molecular formula is C23H30NO2+. The van der Waals surface area contributed by atoms with E-state index in [0.29, 0.717) is 12.8 Å². The first-order chi connectivity index (χ1) is 12.8. The molecule has 3 aliphatic heterocycles. The third-order valence-electron chi connectivity index (χ3n) is 6.43.